The Labute approximate surface area is 190 Å². The highest BCUT2D eigenvalue weighted by Crippen LogP contribution is 2.20. The Morgan fingerprint density at radius 1 is 1.00 bits per heavy atom. The summed E-state index contributed by atoms with van der Waals surface area (Å²) in [4.78, 5) is 41.8. The molecule has 2 aromatic carbocycles. The first kappa shape index (κ1) is 21.8. The monoisotopic (exact) mass is 447 g/mol. The van der Waals surface area contributed by atoms with E-state index in [4.69, 9.17) is 0 Å². The third-order valence-electron chi connectivity index (χ3n) is 5.58. The molecule has 0 saturated heterocycles. The molecule has 0 aliphatic carbocycles. The summed E-state index contributed by atoms with van der Waals surface area (Å²) in [5.74, 6) is -0.209. The van der Waals surface area contributed by atoms with Gasteiger partial charge in [0, 0.05) is 12.2 Å². The van der Waals surface area contributed by atoms with E-state index in [1.807, 2.05) is 70.2 Å². The van der Waals surface area contributed by atoms with Crippen molar-refractivity contribution in [3.05, 3.63) is 91.4 Å². The van der Waals surface area contributed by atoms with Crippen molar-refractivity contribution >= 4 is 33.1 Å². The van der Waals surface area contributed by atoms with Gasteiger partial charge in [-0.2, -0.15) is 0 Å². The number of benzene rings is 2. The van der Waals surface area contributed by atoms with Gasteiger partial charge in [0.1, 0.15) is 11.2 Å². The molecule has 0 atom stereocenters. The van der Waals surface area contributed by atoms with Crippen molar-refractivity contribution in [2.75, 3.05) is 11.4 Å². The molecule has 0 bridgehead atoms. The number of likely N-dealkylation sites (N-methyl/N-ethyl adjacent to an activating group) is 1. The molecule has 0 aliphatic heterocycles. The summed E-state index contributed by atoms with van der Waals surface area (Å²) in [5.41, 5.74) is 3.76. The van der Waals surface area contributed by atoms with E-state index >= 15 is 0 Å². The van der Waals surface area contributed by atoms with Crippen LogP contribution in [0, 0.1) is 20.8 Å². The summed E-state index contributed by atoms with van der Waals surface area (Å²) in [6.07, 6.45) is 0. The predicted molar refractivity (Wildman–Crippen MR) is 130 cm³/mol. The zero-order valence-electron chi connectivity index (χ0n) is 18.6. The lowest BCUT2D eigenvalue weighted by Gasteiger charge is -2.22. The Morgan fingerprint density at radius 2 is 1.75 bits per heavy atom. The predicted octanol–water partition coefficient (Wildman–Crippen LogP) is 4.19. The highest BCUT2D eigenvalue weighted by atomic mass is 32.1. The first-order chi connectivity index (χ1) is 15.3. The zero-order chi connectivity index (χ0) is 23.0. The number of fused-ring (bicyclic) bond motifs is 1. The second kappa shape index (κ2) is 8.59. The van der Waals surface area contributed by atoms with Crippen LogP contribution in [-0.2, 0) is 11.3 Å². The van der Waals surface area contributed by atoms with Gasteiger partial charge in [0.05, 0.1) is 11.2 Å². The summed E-state index contributed by atoms with van der Waals surface area (Å²) in [6, 6.07) is 15.1. The molecule has 1 amide bonds. The molecule has 2 heterocycles. The third kappa shape index (κ3) is 3.80. The molecule has 32 heavy (non-hydrogen) atoms. The molecule has 0 unspecified atom stereocenters. The fourth-order valence-corrected chi connectivity index (χ4v) is 4.76. The number of amides is 1. The minimum absolute atomic E-state index is 0.154. The molecule has 7 heteroatoms. The quantitative estimate of drug-likeness (QED) is 0.461. The lowest BCUT2D eigenvalue weighted by molar-refractivity contribution is -0.119. The molecule has 0 spiro atoms. The standard InChI is InChI=1S/C25H25N3O3S/c1-5-26(19-8-6-7-16(2)13-19)22(29)15-27-20-11-12-32-23(20)24(30)28(25(27)31)21-14-17(3)9-10-18(21)4/h6-14H,5,15H2,1-4H3. The van der Waals surface area contributed by atoms with Crippen molar-refractivity contribution < 1.29 is 4.79 Å². The van der Waals surface area contributed by atoms with Crippen molar-refractivity contribution in [3.8, 4) is 5.69 Å². The maximum Gasteiger partial charge on any atom is 0.336 e. The topological polar surface area (TPSA) is 64.3 Å². The minimum atomic E-state index is -0.511. The van der Waals surface area contributed by atoms with Crippen LogP contribution in [0.5, 0.6) is 0 Å². The largest absolute Gasteiger partial charge is 0.336 e. The maximum atomic E-state index is 13.6. The second-order valence-electron chi connectivity index (χ2n) is 7.91. The fourth-order valence-electron chi connectivity index (χ4n) is 3.93. The lowest BCUT2D eigenvalue weighted by atomic mass is 10.1. The number of hydrogen-bond acceptors (Lipinski definition) is 4. The number of anilines is 1. The van der Waals surface area contributed by atoms with Crippen LogP contribution in [0.1, 0.15) is 23.6 Å². The van der Waals surface area contributed by atoms with Crippen molar-refractivity contribution in [1.82, 2.24) is 9.13 Å². The summed E-state index contributed by atoms with van der Waals surface area (Å²) in [7, 11) is 0. The first-order valence-corrected chi connectivity index (χ1v) is 11.4. The van der Waals surface area contributed by atoms with E-state index in [9.17, 15) is 14.4 Å². The third-order valence-corrected chi connectivity index (χ3v) is 6.48. The van der Waals surface area contributed by atoms with Gasteiger partial charge in [-0.1, -0.05) is 24.3 Å². The van der Waals surface area contributed by atoms with Crippen LogP contribution < -0.4 is 16.1 Å². The van der Waals surface area contributed by atoms with Crippen LogP contribution in [0.2, 0.25) is 0 Å². The van der Waals surface area contributed by atoms with Gasteiger partial charge in [0.25, 0.3) is 5.56 Å². The van der Waals surface area contributed by atoms with Crippen LogP contribution in [0.25, 0.3) is 15.9 Å². The number of thiophene rings is 1. The zero-order valence-corrected chi connectivity index (χ0v) is 19.4. The molecule has 0 saturated carbocycles. The van der Waals surface area contributed by atoms with Crippen LogP contribution in [-0.4, -0.2) is 21.6 Å². The Kier molecular flexibility index (Phi) is 5.84. The SMILES string of the molecule is CCN(C(=O)Cn1c(=O)n(-c2cc(C)ccc2C)c(=O)c2sccc21)c1cccc(C)c1. The van der Waals surface area contributed by atoms with E-state index in [2.05, 4.69) is 0 Å². The Morgan fingerprint density at radius 3 is 2.47 bits per heavy atom. The average Bonchev–Trinajstić information content (AvgIpc) is 3.24. The van der Waals surface area contributed by atoms with E-state index in [0.29, 0.717) is 22.4 Å². The van der Waals surface area contributed by atoms with Gasteiger partial charge in [0.2, 0.25) is 5.91 Å². The van der Waals surface area contributed by atoms with E-state index < -0.39 is 5.69 Å². The minimum Gasteiger partial charge on any atom is -0.311 e. The van der Waals surface area contributed by atoms with E-state index in [-0.39, 0.29) is 18.0 Å². The molecule has 164 valence electrons. The van der Waals surface area contributed by atoms with Gasteiger partial charge in [0.15, 0.2) is 0 Å². The Balaban J connectivity index is 1.87. The molecule has 6 nitrogen and oxygen atoms in total. The number of nitrogens with zero attached hydrogens (tertiary/aromatic N) is 3. The smallest absolute Gasteiger partial charge is 0.311 e. The molecule has 0 fully saturated rings. The Hall–Kier alpha value is -3.45. The van der Waals surface area contributed by atoms with Gasteiger partial charge in [-0.05, 0) is 74.0 Å². The summed E-state index contributed by atoms with van der Waals surface area (Å²) >= 11 is 1.28. The van der Waals surface area contributed by atoms with Gasteiger partial charge in [-0.25, -0.2) is 9.36 Å². The number of aromatic nitrogens is 2. The highest BCUT2D eigenvalue weighted by molar-refractivity contribution is 7.17. The molecule has 0 N–H and O–H groups in total. The number of hydrogen-bond donors (Lipinski definition) is 0. The molecule has 4 aromatic rings. The van der Waals surface area contributed by atoms with E-state index in [1.165, 1.54) is 20.5 Å². The fraction of sp³-hybridized carbons (Fsp3) is 0.240. The molecule has 0 radical (unpaired) electrons. The van der Waals surface area contributed by atoms with Gasteiger partial charge < -0.3 is 4.90 Å². The first-order valence-electron chi connectivity index (χ1n) is 10.5. The number of rotatable bonds is 5. The highest BCUT2D eigenvalue weighted by Gasteiger charge is 2.21. The van der Waals surface area contributed by atoms with Gasteiger partial charge in [-0.3, -0.25) is 14.2 Å². The molecular weight excluding hydrogens is 422 g/mol. The van der Waals surface area contributed by atoms with Gasteiger partial charge >= 0.3 is 5.69 Å². The van der Waals surface area contributed by atoms with E-state index in [0.717, 1.165) is 22.4 Å². The van der Waals surface area contributed by atoms with E-state index in [1.54, 1.807) is 16.3 Å². The number of aryl methyl sites for hydroxylation is 3. The summed E-state index contributed by atoms with van der Waals surface area (Å²) in [6.45, 7) is 7.98. The second-order valence-corrected chi connectivity index (χ2v) is 8.83. The number of carbonyl (C=O) groups is 1. The summed E-state index contributed by atoms with van der Waals surface area (Å²) < 4.78 is 3.06. The van der Waals surface area contributed by atoms with Crippen LogP contribution in [0.4, 0.5) is 5.69 Å². The molecule has 0 aliphatic rings. The lowest BCUT2D eigenvalue weighted by Crippen LogP contribution is -2.42. The maximum absolute atomic E-state index is 13.6. The number of carbonyl (C=O) groups excluding carboxylic acids is 1. The molecule has 2 aromatic heterocycles. The van der Waals surface area contributed by atoms with Crippen LogP contribution >= 0.6 is 11.3 Å². The van der Waals surface area contributed by atoms with Crippen molar-refractivity contribution in [2.45, 2.75) is 34.2 Å². The van der Waals surface area contributed by atoms with Crippen LogP contribution in [0.3, 0.4) is 0 Å². The van der Waals surface area contributed by atoms with Crippen LogP contribution in [0.15, 0.2) is 63.5 Å². The normalized spacial score (nSPS) is 11.1. The Bertz CT molecular complexity index is 1450. The van der Waals surface area contributed by atoms with Crippen molar-refractivity contribution in [3.63, 3.8) is 0 Å². The molecule has 4 rings (SSSR count). The summed E-state index contributed by atoms with van der Waals surface area (Å²) in [5, 5.41) is 1.78. The molecular formula is C25H25N3O3S. The average molecular weight is 448 g/mol. The van der Waals surface area contributed by atoms with Crippen molar-refractivity contribution in [1.29, 1.82) is 0 Å². The van der Waals surface area contributed by atoms with Crippen molar-refractivity contribution in [2.24, 2.45) is 0 Å². The van der Waals surface area contributed by atoms with Gasteiger partial charge in [-0.15, -0.1) is 11.3 Å².